The molecule has 0 bridgehead atoms. The zero-order valence-electron chi connectivity index (χ0n) is 15.1. The molecule has 1 aliphatic carbocycles. The lowest BCUT2D eigenvalue weighted by atomic mass is 9.91. The van der Waals surface area contributed by atoms with Crippen molar-refractivity contribution in [3.8, 4) is 0 Å². The van der Waals surface area contributed by atoms with Crippen LogP contribution in [0.4, 0.5) is 17.1 Å². The molecule has 5 nitrogen and oxygen atoms in total. The molecule has 2 heterocycles. The van der Waals surface area contributed by atoms with E-state index < -0.39 is 0 Å². The lowest BCUT2D eigenvalue weighted by Gasteiger charge is -2.46. The van der Waals surface area contributed by atoms with Crippen molar-refractivity contribution in [3.05, 3.63) is 78.9 Å². The zero-order valence-corrected chi connectivity index (χ0v) is 15.1. The predicted molar refractivity (Wildman–Crippen MR) is 111 cm³/mol. The lowest BCUT2D eigenvalue weighted by molar-refractivity contribution is -0.746. The minimum Gasteiger partial charge on any atom is -0.356 e. The summed E-state index contributed by atoms with van der Waals surface area (Å²) in [4.78, 5) is 8.75. The van der Waals surface area contributed by atoms with Crippen LogP contribution in [0.5, 0.6) is 0 Å². The fraction of sp³-hybridized carbons (Fsp3) is 0.182. The molecule has 2 aromatic carbocycles. The van der Waals surface area contributed by atoms with Gasteiger partial charge in [0, 0.05) is 11.4 Å². The van der Waals surface area contributed by atoms with Gasteiger partial charge in [0.1, 0.15) is 0 Å². The zero-order chi connectivity index (χ0) is 18.1. The Balaban J connectivity index is 1.47. The monoisotopic (exact) mass is 356 g/mol. The average molecular weight is 356 g/mol. The van der Waals surface area contributed by atoms with Crippen LogP contribution in [0.25, 0.3) is 0 Å². The number of hydrogen-bond donors (Lipinski definition) is 1. The normalized spacial score (nSPS) is 22.9. The van der Waals surface area contributed by atoms with Crippen molar-refractivity contribution in [1.29, 1.82) is 0 Å². The Morgan fingerprint density at radius 2 is 1.70 bits per heavy atom. The van der Waals surface area contributed by atoms with Crippen LogP contribution in [-0.2, 0) is 0 Å². The maximum Gasteiger partial charge on any atom is 0.225 e. The summed E-state index contributed by atoms with van der Waals surface area (Å²) in [7, 11) is 0. The van der Waals surface area contributed by atoms with Gasteiger partial charge in [-0.25, -0.2) is 10.0 Å². The van der Waals surface area contributed by atoms with E-state index in [0.717, 1.165) is 17.1 Å². The van der Waals surface area contributed by atoms with Crippen molar-refractivity contribution in [1.82, 2.24) is 0 Å². The van der Waals surface area contributed by atoms with E-state index in [9.17, 15) is 0 Å². The molecule has 1 fully saturated rings. The van der Waals surface area contributed by atoms with E-state index in [-0.39, 0.29) is 0 Å². The van der Waals surface area contributed by atoms with Gasteiger partial charge in [0.15, 0.2) is 6.20 Å². The number of hydrogen-bond acceptors (Lipinski definition) is 4. The van der Waals surface area contributed by atoms with E-state index >= 15 is 0 Å². The number of allylic oxidation sites excluding steroid dienone is 1. The quantitative estimate of drug-likeness (QED) is 0.769. The summed E-state index contributed by atoms with van der Waals surface area (Å²) in [5.41, 5.74) is 4.45. The van der Waals surface area contributed by atoms with Crippen LogP contribution in [0, 0.1) is 0 Å². The molecule has 0 saturated heterocycles. The highest BCUT2D eigenvalue weighted by molar-refractivity contribution is 5.82. The molecule has 134 valence electrons. The van der Waals surface area contributed by atoms with Crippen LogP contribution in [-0.4, -0.2) is 23.2 Å². The highest BCUT2D eigenvalue weighted by Crippen LogP contribution is 2.39. The SMILES string of the molecule is C1=C[N+]2(N(c3ccc(Nc4ccccc4)cc3)C3CCC3)C=NC=C2C=N1. The molecule has 0 amide bonds. The standard InChI is InChI=1S/C22H22N5/c1-2-5-18(6-3-1)25-19-9-11-21(12-10-19)26(20-7-4-8-20)27-14-13-23-15-22(27)16-24-17-27/h1-3,5-6,9-17,20,25H,4,7-8H2/q+1. The van der Waals surface area contributed by atoms with Crippen molar-refractivity contribution < 1.29 is 4.59 Å². The smallest absolute Gasteiger partial charge is 0.225 e. The summed E-state index contributed by atoms with van der Waals surface area (Å²) in [6.07, 6.45) is 13.5. The number of aliphatic imine (C=N–C) groups is 2. The highest BCUT2D eigenvalue weighted by atomic mass is 15.8. The Labute approximate surface area is 159 Å². The fourth-order valence-corrected chi connectivity index (χ4v) is 3.82. The van der Waals surface area contributed by atoms with E-state index in [1.54, 1.807) is 0 Å². The van der Waals surface area contributed by atoms with E-state index in [1.807, 2.05) is 43.2 Å². The molecule has 5 heteroatoms. The number of benzene rings is 2. The molecule has 1 N–H and O–H groups in total. The first-order valence-corrected chi connectivity index (χ1v) is 9.41. The molecule has 1 atom stereocenters. The first kappa shape index (κ1) is 16.0. The Hall–Kier alpha value is -3.18. The van der Waals surface area contributed by atoms with E-state index in [2.05, 4.69) is 62.9 Å². The van der Waals surface area contributed by atoms with Gasteiger partial charge in [-0.05, 0) is 55.7 Å². The molecule has 5 rings (SSSR count). The van der Waals surface area contributed by atoms with Gasteiger partial charge in [-0.2, -0.15) is 0 Å². The predicted octanol–water partition coefficient (Wildman–Crippen LogP) is 4.96. The van der Waals surface area contributed by atoms with Gasteiger partial charge in [-0.1, -0.05) is 18.2 Å². The summed E-state index contributed by atoms with van der Waals surface area (Å²) in [5, 5.41) is 5.91. The van der Waals surface area contributed by atoms with E-state index in [4.69, 9.17) is 0 Å². The summed E-state index contributed by atoms with van der Waals surface area (Å²) in [6.45, 7) is 0. The first-order valence-electron chi connectivity index (χ1n) is 9.41. The fourth-order valence-electron chi connectivity index (χ4n) is 3.82. The number of fused-ring (bicyclic) bond motifs is 1. The van der Waals surface area contributed by atoms with Crippen LogP contribution < -0.4 is 10.3 Å². The molecule has 0 radical (unpaired) electrons. The average Bonchev–Trinajstić information content (AvgIpc) is 3.11. The minimum absolute atomic E-state index is 0.500. The maximum atomic E-state index is 4.45. The molecule has 2 aliphatic heterocycles. The van der Waals surface area contributed by atoms with Crippen molar-refractivity contribution in [2.45, 2.75) is 25.3 Å². The van der Waals surface area contributed by atoms with Crippen LogP contribution in [0.3, 0.4) is 0 Å². The maximum absolute atomic E-state index is 4.45. The number of nitrogens with zero attached hydrogens (tertiary/aromatic N) is 4. The molecule has 1 unspecified atom stereocenters. The third-order valence-electron chi connectivity index (χ3n) is 5.42. The van der Waals surface area contributed by atoms with Crippen molar-refractivity contribution in [3.63, 3.8) is 0 Å². The van der Waals surface area contributed by atoms with Gasteiger partial charge in [-0.15, -0.1) is 4.59 Å². The number of rotatable bonds is 5. The third-order valence-corrected chi connectivity index (χ3v) is 5.42. The van der Waals surface area contributed by atoms with Crippen LogP contribution in [0.1, 0.15) is 19.3 Å². The molecule has 27 heavy (non-hydrogen) atoms. The lowest BCUT2D eigenvalue weighted by Crippen LogP contribution is -2.61. The second-order valence-electron chi connectivity index (χ2n) is 7.10. The molecule has 0 aromatic heterocycles. The molecular formula is C22H22N5+. The molecular weight excluding hydrogens is 334 g/mol. The molecule has 1 saturated carbocycles. The molecule has 2 aromatic rings. The van der Waals surface area contributed by atoms with Crippen LogP contribution >= 0.6 is 0 Å². The number of anilines is 3. The van der Waals surface area contributed by atoms with Crippen molar-refractivity contribution >= 4 is 29.6 Å². The second kappa shape index (κ2) is 6.52. The Morgan fingerprint density at radius 1 is 0.926 bits per heavy atom. The van der Waals surface area contributed by atoms with Gasteiger partial charge in [-0.3, -0.25) is 4.99 Å². The van der Waals surface area contributed by atoms with Crippen molar-refractivity contribution in [2.24, 2.45) is 9.98 Å². The number of nitrogens with one attached hydrogen (secondary N) is 1. The number of para-hydroxylation sites is 1. The summed E-state index contributed by atoms with van der Waals surface area (Å²) in [6, 6.07) is 19.4. The second-order valence-corrected chi connectivity index (χ2v) is 7.10. The number of quaternary nitrogens is 1. The largest absolute Gasteiger partial charge is 0.356 e. The van der Waals surface area contributed by atoms with Gasteiger partial charge >= 0.3 is 0 Å². The third kappa shape index (κ3) is 2.76. The van der Waals surface area contributed by atoms with E-state index in [0.29, 0.717) is 10.6 Å². The van der Waals surface area contributed by atoms with Crippen LogP contribution in [0.2, 0.25) is 0 Å². The van der Waals surface area contributed by atoms with Gasteiger partial charge < -0.3 is 5.32 Å². The van der Waals surface area contributed by atoms with E-state index in [1.165, 1.54) is 24.9 Å². The summed E-state index contributed by atoms with van der Waals surface area (Å²) in [5.74, 6) is 0. The van der Waals surface area contributed by atoms with Crippen LogP contribution in [0.15, 0.2) is 88.9 Å². The Morgan fingerprint density at radius 3 is 2.44 bits per heavy atom. The highest BCUT2D eigenvalue weighted by Gasteiger charge is 2.46. The molecule has 3 aliphatic rings. The summed E-state index contributed by atoms with van der Waals surface area (Å²) < 4.78 is 0.500. The first-order chi connectivity index (χ1) is 13.4. The van der Waals surface area contributed by atoms with Crippen molar-refractivity contribution in [2.75, 3.05) is 10.3 Å². The van der Waals surface area contributed by atoms with Gasteiger partial charge in [0.25, 0.3) is 0 Å². The molecule has 0 spiro atoms. The Kier molecular flexibility index (Phi) is 3.87. The topological polar surface area (TPSA) is 40.0 Å². The summed E-state index contributed by atoms with van der Waals surface area (Å²) >= 11 is 0. The van der Waals surface area contributed by atoms with Gasteiger partial charge in [0.05, 0.1) is 30.3 Å². The Bertz CT molecular complexity index is 938. The minimum atomic E-state index is 0.500. The van der Waals surface area contributed by atoms with Gasteiger partial charge in [0.2, 0.25) is 12.0 Å².